The van der Waals surface area contributed by atoms with Gasteiger partial charge in [0.05, 0.1) is 11.9 Å². The van der Waals surface area contributed by atoms with Crippen molar-refractivity contribution in [3.05, 3.63) is 39.7 Å². The predicted octanol–water partition coefficient (Wildman–Crippen LogP) is 2.60. The van der Waals surface area contributed by atoms with Gasteiger partial charge in [0, 0.05) is 10.2 Å². The SMILES string of the molecule is Nc1ccc(Br)c(C(=O)Nc2nc(Cl)c3[nH]cnc3n2)c1. The van der Waals surface area contributed by atoms with E-state index in [-0.39, 0.29) is 11.1 Å². The Morgan fingerprint density at radius 1 is 1.38 bits per heavy atom. The van der Waals surface area contributed by atoms with Crippen molar-refractivity contribution in [2.75, 3.05) is 11.1 Å². The van der Waals surface area contributed by atoms with E-state index in [4.69, 9.17) is 17.3 Å². The van der Waals surface area contributed by atoms with Crippen LogP contribution < -0.4 is 11.1 Å². The van der Waals surface area contributed by atoms with Gasteiger partial charge in [-0.2, -0.15) is 9.97 Å². The van der Waals surface area contributed by atoms with Crippen molar-refractivity contribution in [2.24, 2.45) is 0 Å². The molecule has 0 atom stereocenters. The van der Waals surface area contributed by atoms with Crippen LogP contribution in [-0.4, -0.2) is 25.8 Å². The van der Waals surface area contributed by atoms with E-state index >= 15 is 0 Å². The summed E-state index contributed by atoms with van der Waals surface area (Å²) in [6.07, 6.45) is 1.45. The molecule has 7 nitrogen and oxygen atoms in total. The van der Waals surface area contributed by atoms with Gasteiger partial charge in [0.2, 0.25) is 5.95 Å². The predicted molar refractivity (Wildman–Crippen MR) is 83.2 cm³/mol. The number of aromatic amines is 1. The number of benzene rings is 1. The lowest BCUT2D eigenvalue weighted by molar-refractivity contribution is 0.102. The number of hydrogen-bond donors (Lipinski definition) is 3. The van der Waals surface area contributed by atoms with E-state index in [0.717, 1.165) is 0 Å². The van der Waals surface area contributed by atoms with Crippen molar-refractivity contribution >= 4 is 56.2 Å². The average molecular weight is 368 g/mol. The van der Waals surface area contributed by atoms with Crippen molar-refractivity contribution in [3.63, 3.8) is 0 Å². The van der Waals surface area contributed by atoms with Crippen LogP contribution >= 0.6 is 27.5 Å². The summed E-state index contributed by atoms with van der Waals surface area (Å²) in [7, 11) is 0. The molecule has 0 aliphatic rings. The summed E-state index contributed by atoms with van der Waals surface area (Å²) in [6.45, 7) is 0. The number of fused-ring (bicyclic) bond motifs is 1. The van der Waals surface area contributed by atoms with Crippen LogP contribution in [0.1, 0.15) is 10.4 Å². The third kappa shape index (κ3) is 2.67. The number of hydrogen-bond acceptors (Lipinski definition) is 5. The van der Waals surface area contributed by atoms with Crippen LogP contribution in [0.2, 0.25) is 5.15 Å². The van der Waals surface area contributed by atoms with Gasteiger partial charge in [0.25, 0.3) is 5.91 Å². The van der Waals surface area contributed by atoms with Gasteiger partial charge in [-0.1, -0.05) is 11.6 Å². The number of nitrogens with two attached hydrogens (primary N) is 1. The number of aromatic nitrogens is 4. The maximum absolute atomic E-state index is 12.2. The number of nitrogens with zero attached hydrogens (tertiary/aromatic N) is 3. The molecule has 9 heteroatoms. The van der Waals surface area contributed by atoms with E-state index in [1.165, 1.54) is 6.33 Å². The molecule has 106 valence electrons. The highest BCUT2D eigenvalue weighted by Crippen LogP contribution is 2.22. The maximum atomic E-state index is 12.2. The number of carbonyl (C=O) groups excluding carboxylic acids is 1. The smallest absolute Gasteiger partial charge is 0.259 e. The van der Waals surface area contributed by atoms with Crippen molar-refractivity contribution < 1.29 is 4.79 Å². The first-order chi connectivity index (χ1) is 10.0. The molecule has 0 radical (unpaired) electrons. The Hall–Kier alpha value is -2.19. The number of H-pyrrole nitrogens is 1. The Morgan fingerprint density at radius 3 is 3.00 bits per heavy atom. The monoisotopic (exact) mass is 366 g/mol. The number of nitrogens with one attached hydrogen (secondary N) is 2. The summed E-state index contributed by atoms with van der Waals surface area (Å²) >= 11 is 9.28. The molecule has 0 aliphatic carbocycles. The lowest BCUT2D eigenvalue weighted by Crippen LogP contribution is -2.15. The fourth-order valence-corrected chi connectivity index (χ4v) is 2.39. The van der Waals surface area contributed by atoms with Gasteiger partial charge < -0.3 is 10.7 Å². The second-order valence-corrected chi connectivity index (χ2v) is 5.34. The molecule has 0 bridgehead atoms. The molecule has 0 spiro atoms. The summed E-state index contributed by atoms with van der Waals surface area (Å²) in [6, 6.07) is 4.92. The molecular weight excluding hydrogens is 360 g/mol. The fourth-order valence-electron chi connectivity index (χ4n) is 1.74. The summed E-state index contributed by atoms with van der Waals surface area (Å²) in [4.78, 5) is 27.1. The molecule has 1 aromatic carbocycles. The molecule has 0 aliphatic heterocycles. The highest BCUT2D eigenvalue weighted by molar-refractivity contribution is 9.10. The summed E-state index contributed by atoms with van der Waals surface area (Å²) in [5.41, 5.74) is 7.41. The number of rotatable bonds is 2. The van der Waals surface area contributed by atoms with E-state index in [2.05, 4.69) is 41.2 Å². The summed E-state index contributed by atoms with van der Waals surface area (Å²) < 4.78 is 0.612. The third-order valence-corrected chi connectivity index (χ3v) is 3.67. The third-order valence-electron chi connectivity index (χ3n) is 2.70. The number of carbonyl (C=O) groups is 1. The van der Waals surface area contributed by atoms with Crippen molar-refractivity contribution in [1.82, 2.24) is 19.9 Å². The maximum Gasteiger partial charge on any atom is 0.259 e. The van der Waals surface area contributed by atoms with E-state index in [0.29, 0.717) is 26.9 Å². The Labute approximate surface area is 132 Å². The van der Waals surface area contributed by atoms with Crippen molar-refractivity contribution in [1.29, 1.82) is 0 Å². The van der Waals surface area contributed by atoms with E-state index in [1.54, 1.807) is 18.2 Å². The lowest BCUT2D eigenvalue weighted by atomic mass is 10.2. The van der Waals surface area contributed by atoms with Crippen LogP contribution in [0.15, 0.2) is 29.0 Å². The number of amides is 1. The van der Waals surface area contributed by atoms with E-state index in [9.17, 15) is 4.79 Å². The zero-order valence-corrected chi connectivity index (χ0v) is 12.7. The van der Waals surface area contributed by atoms with E-state index < -0.39 is 5.91 Å². The van der Waals surface area contributed by atoms with Gasteiger partial charge in [0.15, 0.2) is 10.8 Å². The average Bonchev–Trinajstić information content (AvgIpc) is 2.90. The Bertz CT molecular complexity index is 849. The summed E-state index contributed by atoms with van der Waals surface area (Å²) in [5, 5.41) is 2.74. The van der Waals surface area contributed by atoms with Crippen LogP contribution in [0.4, 0.5) is 11.6 Å². The van der Waals surface area contributed by atoms with Gasteiger partial charge >= 0.3 is 0 Å². The van der Waals surface area contributed by atoms with Crippen molar-refractivity contribution in [3.8, 4) is 0 Å². The number of imidazole rings is 1. The van der Waals surface area contributed by atoms with Gasteiger partial charge in [-0.05, 0) is 34.1 Å². The van der Waals surface area contributed by atoms with Crippen molar-refractivity contribution in [2.45, 2.75) is 0 Å². The van der Waals surface area contributed by atoms with Crippen LogP contribution in [0, 0.1) is 0 Å². The quantitative estimate of drug-likeness (QED) is 0.476. The number of halogens is 2. The first kappa shape index (κ1) is 13.8. The first-order valence-electron chi connectivity index (χ1n) is 5.77. The molecule has 3 rings (SSSR count). The highest BCUT2D eigenvalue weighted by Gasteiger charge is 2.14. The molecule has 21 heavy (non-hydrogen) atoms. The van der Waals surface area contributed by atoms with Crippen LogP contribution in [0.25, 0.3) is 11.2 Å². The van der Waals surface area contributed by atoms with E-state index in [1.807, 2.05) is 0 Å². The Balaban J connectivity index is 1.94. The van der Waals surface area contributed by atoms with Gasteiger partial charge in [-0.3, -0.25) is 10.1 Å². The summed E-state index contributed by atoms with van der Waals surface area (Å²) in [5.74, 6) is -0.334. The number of nitrogen functional groups attached to an aromatic ring is 1. The Morgan fingerprint density at radius 2 is 2.19 bits per heavy atom. The zero-order valence-electron chi connectivity index (χ0n) is 10.4. The minimum absolute atomic E-state index is 0.0684. The first-order valence-corrected chi connectivity index (χ1v) is 6.94. The van der Waals surface area contributed by atoms with Gasteiger partial charge in [-0.15, -0.1) is 0 Å². The van der Waals surface area contributed by atoms with Gasteiger partial charge in [-0.25, -0.2) is 4.98 Å². The minimum atomic E-state index is -0.403. The molecule has 3 aromatic rings. The molecule has 1 amide bonds. The molecular formula is C12H8BrClN6O. The largest absolute Gasteiger partial charge is 0.399 e. The zero-order chi connectivity index (χ0) is 15.0. The lowest BCUT2D eigenvalue weighted by Gasteiger charge is -2.06. The fraction of sp³-hybridized carbons (Fsp3) is 0. The minimum Gasteiger partial charge on any atom is -0.399 e. The van der Waals surface area contributed by atoms with Crippen LogP contribution in [0.3, 0.4) is 0 Å². The Kier molecular flexibility index (Phi) is 3.48. The van der Waals surface area contributed by atoms with Crippen LogP contribution in [-0.2, 0) is 0 Å². The molecule has 0 fully saturated rings. The normalized spacial score (nSPS) is 10.8. The molecule has 4 N–H and O–H groups in total. The van der Waals surface area contributed by atoms with Gasteiger partial charge in [0.1, 0.15) is 5.52 Å². The molecule has 2 heterocycles. The molecule has 0 unspecified atom stereocenters. The molecule has 0 saturated carbocycles. The topological polar surface area (TPSA) is 110 Å². The van der Waals surface area contributed by atoms with Crippen LogP contribution in [0.5, 0.6) is 0 Å². The second-order valence-electron chi connectivity index (χ2n) is 4.13. The number of anilines is 2. The standard InChI is InChI=1S/C12H8BrClN6O/c13-7-2-1-5(15)3-6(7)11(21)20-12-18-9(14)8-10(19-12)17-4-16-8/h1-4H,15H2,(H2,16,17,18,19,20,21). The second kappa shape index (κ2) is 5.30. The molecule has 2 aromatic heterocycles. The highest BCUT2D eigenvalue weighted by atomic mass is 79.9. The molecule has 0 saturated heterocycles.